The Hall–Kier alpha value is -2.12. The summed E-state index contributed by atoms with van der Waals surface area (Å²) in [5.41, 5.74) is 9.11. The summed E-state index contributed by atoms with van der Waals surface area (Å²) in [6.45, 7) is 4.18. The maximum absolute atomic E-state index is 12.8. The molecule has 0 saturated carbocycles. The molecule has 1 aliphatic rings. The Morgan fingerprint density at radius 2 is 1.92 bits per heavy atom. The number of nitrogens with zero attached hydrogens (tertiary/aromatic N) is 2. The van der Waals surface area contributed by atoms with Crippen molar-refractivity contribution in [1.29, 1.82) is 0 Å². The van der Waals surface area contributed by atoms with Gasteiger partial charge < -0.3 is 11.1 Å². The van der Waals surface area contributed by atoms with Crippen LogP contribution in [0.4, 0.5) is 21.8 Å². The molecule has 0 aliphatic heterocycles. The highest BCUT2D eigenvalue weighted by molar-refractivity contribution is 6.39. The second-order valence-corrected chi connectivity index (χ2v) is 7.86. The Labute approximate surface area is 160 Å². The minimum absolute atomic E-state index is 0.0463. The third-order valence-electron chi connectivity index (χ3n) is 4.56. The van der Waals surface area contributed by atoms with E-state index in [0.717, 1.165) is 17.5 Å². The Balaban J connectivity index is 2.16. The van der Waals surface area contributed by atoms with Gasteiger partial charge >= 0.3 is 0 Å². The van der Waals surface area contributed by atoms with E-state index < -0.39 is 5.91 Å². The lowest BCUT2D eigenvalue weighted by Gasteiger charge is -2.33. The van der Waals surface area contributed by atoms with Crippen LogP contribution in [0.5, 0.6) is 0 Å². The summed E-state index contributed by atoms with van der Waals surface area (Å²) in [6, 6.07) is 0. The van der Waals surface area contributed by atoms with Crippen molar-refractivity contribution in [2.45, 2.75) is 33.1 Å². The molecular weight excluding hydrogens is 380 g/mol. The van der Waals surface area contributed by atoms with Crippen LogP contribution in [0.3, 0.4) is 0 Å². The zero-order valence-electron chi connectivity index (χ0n) is 14.3. The monoisotopic (exact) mass is 397 g/mol. The number of pyridine rings is 2. The van der Waals surface area contributed by atoms with Gasteiger partial charge in [-0.25, -0.2) is 4.98 Å². The molecule has 0 bridgehead atoms. The molecule has 0 fully saturated rings. The van der Waals surface area contributed by atoms with Crippen LogP contribution in [0.2, 0.25) is 10.0 Å². The van der Waals surface area contributed by atoms with Crippen LogP contribution in [0.25, 0.3) is 0 Å². The summed E-state index contributed by atoms with van der Waals surface area (Å²) in [5.74, 6) is -0.491. The van der Waals surface area contributed by atoms with Gasteiger partial charge in [-0.05, 0) is 35.8 Å². The van der Waals surface area contributed by atoms with E-state index in [4.69, 9.17) is 28.9 Å². The molecule has 2 aromatic rings. The molecule has 1 aliphatic carbocycles. The van der Waals surface area contributed by atoms with Crippen LogP contribution in [0.15, 0.2) is 12.4 Å². The zero-order valence-corrected chi connectivity index (χ0v) is 15.8. The summed E-state index contributed by atoms with van der Waals surface area (Å²) in [5, 5.41) is 3.75. The van der Waals surface area contributed by atoms with Gasteiger partial charge in [0.05, 0.1) is 21.3 Å². The minimum atomic E-state index is -0.893. The first-order chi connectivity index (χ1) is 12.2. The molecule has 4 N–H and O–H groups in total. The maximum Gasteiger partial charge on any atom is 0.282 e. The molecule has 0 spiro atoms. The van der Waals surface area contributed by atoms with E-state index in [-0.39, 0.29) is 16.8 Å². The molecular formula is C17H18Cl2FN5O. The van der Waals surface area contributed by atoms with Crippen molar-refractivity contribution in [1.82, 2.24) is 15.5 Å². The molecule has 0 saturated heterocycles. The lowest BCUT2D eigenvalue weighted by molar-refractivity contribution is 0.0858. The Morgan fingerprint density at radius 1 is 1.27 bits per heavy atom. The van der Waals surface area contributed by atoms with Gasteiger partial charge in [-0.3, -0.25) is 9.78 Å². The third-order valence-corrected chi connectivity index (χ3v) is 5.13. The van der Waals surface area contributed by atoms with E-state index in [1.165, 1.54) is 12.4 Å². The summed E-state index contributed by atoms with van der Waals surface area (Å²) < 4.78 is 12.8. The van der Waals surface area contributed by atoms with Crippen LogP contribution in [-0.2, 0) is 12.8 Å². The number of carbonyl (C=O) groups excluding carboxylic acids is 1. The molecule has 2 heterocycles. The lowest BCUT2D eigenvalue weighted by atomic mass is 9.73. The van der Waals surface area contributed by atoms with Gasteiger partial charge in [0.2, 0.25) is 0 Å². The quantitative estimate of drug-likeness (QED) is 0.673. The van der Waals surface area contributed by atoms with E-state index >= 15 is 0 Å². The van der Waals surface area contributed by atoms with Crippen molar-refractivity contribution in [2.75, 3.05) is 11.1 Å². The van der Waals surface area contributed by atoms with Gasteiger partial charge in [0.1, 0.15) is 11.6 Å². The van der Waals surface area contributed by atoms with E-state index in [2.05, 4.69) is 29.1 Å². The summed E-state index contributed by atoms with van der Waals surface area (Å²) >= 11 is 12.3. The van der Waals surface area contributed by atoms with Crippen LogP contribution < -0.4 is 16.6 Å². The Bertz CT molecular complexity index is 868. The number of nitrogens with one attached hydrogen (secondary N) is 2. The highest BCUT2D eigenvalue weighted by atomic mass is 35.5. The molecule has 26 heavy (non-hydrogen) atoms. The molecule has 0 radical (unpaired) electrons. The fraction of sp³-hybridized carbons (Fsp3) is 0.353. The molecule has 0 aromatic carbocycles. The van der Waals surface area contributed by atoms with Crippen molar-refractivity contribution < 1.29 is 9.28 Å². The van der Waals surface area contributed by atoms with Crippen LogP contribution >= 0.6 is 23.2 Å². The van der Waals surface area contributed by atoms with E-state index in [1.54, 1.807) is 0 Å². The van der Waals surface area contributed by atoms with Crippen molar-refractivity contribution >= 4 is 46.4 Å². The molecule has 0 atom stereocenters. The van der Waals surface area contributed by atoms with E-state index in [9.17, 15) is 9.28 Å². The second kappa shape index (κ2) is 6.89. The molecule has 6 nitrogen and oxygen atoms in total. The van der Waals surface area contributed by atoms with Crippen molar-refractivity contribution in [2.24, 2.45) is 5.41 Å². The van der Waals surface area contributed by atoms with Gasteiger partial charge in [0, 0.05) is 12.4 Å². The fourth-order valence-corrected chi connectivity index (χ4v) is 3.70. The van der Waals surface area contributed by atoms with Crippen LogP contribution in [0, 0.1) is 5.41 Å². The van der Waals surface area contributed by atoms with Gasteiger partial charge in [0.15, 0.2) is 0 Å². The van der Waals surface area contributed by atoms with Gasteiger partial charge in [-0.1, -0.05) is 41.5 Å². The molecule has 0 unspecified atom stereocenters. The molecule has 138 valence electrons. The second-order valence-electron chi connectivity index (χ2n) is 7.05. The van der Waals surface area contributed by atoms with Crippen molar-refractivity contribution in [3.8, 4) is 0 Å². The summed E-state index contributed by atoms with van der Waals surface area (Å²) in [4.78, 5) is 20.2. The zero-order chi connectivity index (χ0) is 19.1. The number of hydrogen-bond donors (Lipinski definition) is 3. The first-order valence-corrected chi connectivity index (χ1v) is 8.77. The number of nitrogen functional groups attached to an aromatic ring is 1. The van der Waals surface area contributed by atoms with Crippen LogP contribution in [-0.4, -0.2) is 15.9 Å². The van der Waals surface area contributed by atoms with Crippen LogP contribution in [0.1, 0.15) is 41.8 Å². The third kappa shape index (κ3) is 3.41. The number of rotatable bonds is 3. The van der Waals surface area contributed by atoms with Crippen molar-refractivity contribution in [3.05, 3.63) is 39.1 Å². The highest BCUT2D eigenvalue weighted by Gasteiger charge is 2.33. The average Bonchev–Trinajstić information content (AvgIpc) is 2.56. The number of carbonyl (C=O) groups is 1. The number of amides is 1. The normalized spacial score (nSPS) is 15.3. The summed E-state index contributed by atoms with van der Waals surface area (Å²) in [7, 11) is 0. The summed E-state index contributed by atoms with van der Waals surface area (Å²) in [6.07, 6.45) is 5.03. The van der Waals surface area contributed by atoms with Gasteiger partial charge in [0.25, 0.3) is 5.91 Å². The standard InChI is InChI=1S/C17H18Cl2FN5O/c1-17(2)4-3-8-9(5-17)12(16(26)25-20)14(21)24-15(8)23-13-10(18)6-22-7-11(13)19/h6-7H,3-5H2,1-2H3,(H,25,26)(H3,21,22,23,24). The SMILES string of the molecule is CC1(C)CCc2c(Nc3c(Cl)cncc3Cl)nc(N)c(C(=O)NF)c2C1. The Kier molecular flexibility index (Phi) is 4.94. The first kappa shape index (κ1) is 18.7. The van der Waals surface area contributed by atoms with Gasteiger partial charge in [-0.15, -0.1) is 0 Å². The molecule has 2 aromatic heterocycles. The largest absolute Gasteiger partial charge is 0.383 e. The smallest absolute Gasteiger partial charge is 0.282 e. The lowest BCUT2D eigenvalue weighted by Crippen LogP contribution is -2.28. The number of hydrogen-bond acceptors (Lipinski definition) is 5. The van der Waals surface area contributed by atoms with E-state index in [1.807, 2.05) is 0 Å². The topological polar surface area (TPSA) is 92.9 Å². The predicted molar refractivity (Wildman–Crippen MR) is 101 cm³/mol. The van der Waals surface area contributed by atoms with Gasteiger partial charge in [-0.2, -0.15) is 5.54 Å². The highest BCUT2D eigenvalue weighted by Crippen LogP contribution is 2.42. The van der Waals surface area contributed by atoms with Crippen molar-refractivity contribution in [3.63, 3.8) is 0 Å². The molecule has 1 amide bonds. The fourth-order valence-electron chi connectivity index (χ4n) is 3.24. The molecule has 3 rings (SSSR count). The molecule has 9 heteroatoms. The minimum Gasteiger partial charge on any atom is -0.383 e. The predicted octanol–water partition coefficient (Wildman–Crippen LogP) is 4.24. The number of fused-ring (bicyclic) bond motifs is 1. The number of nitrogens with two attached hydrogens (primary N) is 1. The maximum atomic E-state index is 12.8. The average molecular weight is 398 g/mol. The Morgan fingerprint density at radius 3 is 2.54 bits per heavy atom. The van der Waals surface area contributed by atoms with E-state index in [0.29, 0.717) is 40.0 Å². The number of halogens is 3. The number of anilines is 3. The number of aromatic nitrogens is 2. The first-order valence-electron chi connectivity index (χ1n) is 8.01.